The van der Waals surface area contributed by atoms with Crippen LogP contribution < -0.4 is 5.73 Å². The standard InChI is InChI=1S/C12H20NO4/c1-2-3-4-5-6-7-8-17-12(16)10(13)9-11(14)15/h7-8,10,13H,2-6,9H2,1H3,(H,14,15). The van der Waals surface area contributed by atoms with Crippen LogP contribution in [0.15, 0.2) is 12.3 Å². The number of unbranched alkanes of at least 4 members (excludes halogenated alkanes) is 4. The molecular weight excluding hydrogens is 222 g/mol. The lowest BCUT2D eigenvalue weighted by Crippen LogP contribution is -2.26. The summed E-state index contributed by atoms with van der Waals surface area (Å²) in [5.74, 6) is -2.00. The molecule has 0 aromatic carbocycles. The lowest BCUT2D eigenvalue weighted by atomic mass is 10.1. The highest BCUT2D eigenvalue weighted by atomic mass is 16.5. The minimum atomic E-state index is -1.35. The molecule has 0 fully saturated rings. The number of carbonyl (C=O) groups excluding carboxylic acids is 1. The largest absolute Gasteiger partial charge is 0.481 e. The molecular formula is C12H20NO4. The van der Waals surface area contributed by atoms with E-state index in [4.69, 9.17) is 10.8 Å². The van der Waals surface area contributed by atoms with Crippen LogP contribution in [0, 0.1) is 0 Å². The summed E-state index contributed by atoms with van der Waals surface area (Å²) in [6.07, 6.45) is 7.84. The van der Waals surface area contributed by atoms with Crippen LogP contribution in [0.2, 0.25) is 0 Å². The number of carbonyl (C=O) groups is 2. The molecule has 0 rings (SSSR count). The Morgan fingerprint density at radius 1 is 1.35 bits per heavy atom. The highest BCUT2D eigenvalue weighted by Gasteiger charge is 2.18. The molecule has 0 aliphatic heterocycles. The van der Waals surface area contributed by atoms with Gasteiger partial charge in [0.2, 0.25) is 0 Å². The maximum Gasteiger partial charge on any atom is 0.329 e. The first kappa shape index (κ1) is 15.6. The summed E-state index contributed by atoms with van der Waals surface area (Å²) in [6.45, 7) is 2.13. The number of nitrogens with one attached hydrogen (secondary N) is 1. The van der Waals surface area contributed by atoms with Gasteiger partial charge in [0.15, 0.2) is 0 Å². The second-order valence-electron chi connectivity index (χ2n) is 3.81. The van der Waals surface area contributed by atoms with Crippen molar-refractivity contribution in [2.75, 3.05) is 0 Å². The summed E-state index contributed by atoms with van der Waals surface area (Å²) in [5.41, 5.74) is 7.19. The maximum atomic E-state index is 11.1. The Labute approximate surface area is 102 Å². The molecule has 5 heteroatoms. The minimum Gasteiger partial charge on any atom is -0.481 e. The Morgan fingerprint density at radius 2 is 2.06 bits per heavy atom. The summed E-state index contributed by atoms with van der Waals surface area (Å²) in [6, 6.07) is -1.35. The number of allylic oxidation sites excluding steroid dienone is 1. The predicted molar refractivity (Wildman–Crippen MR) is 63.1 cm³/mol. The zero-order chi connectivity index (χ0) is 13.1. The van der Waals surface area contributed by atoms with Crippen LogP contribution in [0.4, 0.5) is 0 Å². The molecule has 0 spiro atoms. The third kappa shape index (κ3) is 9.56. The van der Waals surface area contributed by atoms with Crippen molar-refractivity contribution in [1.82, 2.24) is 5.73 Å². The van der Waals surface area contributed by atoms with E-state index in [1.165, 1.54) is 19.1 Å². The van der Waals surface area contributed by atoms with E-state index < -0.39 is 24.4 Å². The van der Waals surface area contributed by atoms with Crippen LogP contribution >= 0.6 is 0 Å². The van der Waals surface area contributed by atoms with Gasteiger partial charge in [-0.1, -0.05) is 26.2 Å². The van der Waals surface area contributed by atoms with Gasteiger partial charge in [-0.25, -0.2) is 10.5 Å². The summed E-state index contributed by atoms with van der Waals surface area (Å²) in [5, 5.41) is 8.38. The Hall–Kier alpha value is -1.36. The molecule has 0 aliphatic rings. The molecule has 5 nitrogen and oxygen atoms in total. The fourth-order valence-electron chi connectivity index (χ4n) is 1.21. The number of hydrogen-bond donors (Lipinski definition) is 1. The van der Waals surface area contributed by atoms with Gasteiger partial charge in [0, 0.05) is 0 Å². The molecule has 0 heterocycles. The summed E-state index contributed by atoms with van der Waals surface area (Å²) in [7, 11) is 0. The van der Waals surface area contributed by atoms with E-state index in [0.29, 0.717) is 0 Å². The van der Waals surface area contributed by atoms with Crippen molar-refractivity contribution in [3.05, 3.63) is 12.3 Å². The average molecular weight is 242 g/mol. The Balaban J connectivity index is 3.61. The van der Waals surface area contributed by atoms with Crippen molar-refractivity contribution >= 4 is 11.9 Å². The SMILES string of the molecule is CCCCCCC=COC(=O)C([NH])CC(=O)O. The minimum absolute atomic E-state index is 0.525. The molecule has 0 aromatic heterocycles. The molecule has 97 valence electrons. The molecule has 1 atom stereocenters. The van der Waals surface area contributed by atoms with Crippen LogP contribution in [0.1, 0.15) is 45.4 Å². The first-order valence-electron chi connectivity index (χ1n) is 5.86. The molecule has 0 saturated heterocycles. The van der Waals surface area contributed by atoms with Crippen molar-refractivity contribution in [3.63, 3.8) is 0 Å². The third-order valence-corrected chi connectivity index (χ3v) is 2.17. The number of esters is 1. The molecule has 0 aromatic rings. The summed E-state index contributed by atoms with van der Waals surface area (Å²) in [4.78, 5) is 21.3. The first-order valence-corrected chi connectivity index (χ1v) is 5.86. The van der Waals surface area contributed by atoms with Crippen molar-refractivity contribution in [1.29, 1.82) is 0 Å². The Bertz CT molecular complexity index is 263. The Kier molecular flexibility index (Phi) is 9.05. The fraction of sp³-hybridized carbons (Fsp3) is 0.667. The highest BCUT2D eigenvalue weighted by Crippen LogP contribution is 2.03. The van der Waals surface area contributed by atoms with E-state index >= 15 is 0 Å². The number of hydrogen-bond acceptors (Lipinski definition) is 3. The second kappa shape index (κ2) is 9.84. The molecule has 17 heavy (non-hydrogen) atoms. The average Bonchev–Trinajstić information content (AvgIpc) is 2.26. The third-order valence-electron chi connectivity index (χ3n) is 2.17. The highest BCUT2D eigenvalue weighted by molar-refractivity contribution is 5.81. The molecule has 0 saturated carbocycles. The van der Waals surface area contributed by atoms with E-state index in [-0.39, 0.29) is 0 Å². The van der Waals surface area contributed by atoms with Crippen LogP contribution in [-0.2, 0) is 14.3 Å². The molecule has 0 bridgehead atoms. The van der Waals surface area contributed by atoms with Crippen LogP contribution in [0.5, 0.6) is 0 Å². The van der Waals surface area contributed by atoms with Gasteiger partial charge in [-0.05, 0) is 18.9 Å². The van der Waals surface area contributed by atoms with Crippen molar-refractivity contribution in [3.8, 4) is 0 Å². The maximum absolute atomic E-state index is 11.1. The van der Waals surface area contributed by atoms with Crippen molar-refractivity contribution < 1.29 is 19.4 Å². The number of ether oxygens (including phenoxy) is 1. The molecule has 1 radical (unpaired) electrons. The molecule has 0 aliphatic carbocycles. The van der Waals surface area contributed by atoms with Gasteiger partial charge in [-0.2, -0.15) is 0 Å². The summed E-state index contributed by atoms with van der Waals surface area (Å²) < 4.78 is 4.64. The predicted octanol–water partition coefficient (Wildman–Crippen LogP) is 2.14. The van der Waals surface area contributed by atoms with Crippen LogP contribution in [-0.4, -0.2) is 23.1 Å². The quantitative estimate of drug-likeness (QED) is 0.381. The van der Waals surface area contributed by atoms with E-state index in [9.17, 15) is 9.59 Å². The second-order valence-corrected chi connectivity index (χ2v) is 3.81. The number of carboxylic acid groups (broad SMARTS) is 1. The van der Waals surface area contributed by atoms with E-state index in [0.717, 1.165) is 19.3 Å². The zero-order valence-electron chi connectivity index (χ0n) is 10.1. The van der Waals surface area contributed by atoms with Gasteiger partial charge in [0.1, 0.15) is 6.04 Å². The van der Waals surface area contributed by atoms with Crippen molar-refractivity contribution in [2.24, 2.45) is 0 Å². The van der Waals surface area contributed by atoms with Gasteiger partial charge in [-0.3, -0.25) is 4.79 Å². The van der Waals surface area contributed by atoms with E-state index in [1.807, 2.05) is 0 Å². The number of aliphatic carboxylic acids is 1. The zero-order valence-corrected chi connectivity index (χ0v) is 10.1. The fourth-order valence-corrected chi connectivity index (χ4v) is 1.21. The normalized spacial score (nSPS) is 12.6. The summed E-state index contributed by atoms with van der Waals surface area (Å²) >= 11 is 0. The smallest absolute Gasteiger partial charge is 0.329 e. The van der Waals surface area contributed by atoms with Gasteiger partial charge in [-0.15, -0.1) is 0 Å². The number of carboxylic acids is 1. The van der Waals surface area contributed by atoms with E-state index in [1.54, 1.807) is 6.08 Å². The topological polar surface area (TPSA) is 87.4 Å². The van der Waals surface area contributed by atoms with Crippen molar-refractivity contribution in [2.45, 2.75) is 51.5 Å². The van der Waals surface area contributed by atoms with Crippen LogP contribution in [0.3, 0.4) is 0 Å². The molecule has 1 unspecified atom stereocenters. The van der Waals surface area contributed by atoms with Crippen LogP contribution in [0.25, 0.3) is 0 Å². The van der Waals surface area contributed by atoms with Gasteiger partial charge in [0.25, 0.3) is 0 Å². The lowest BCUT2D eigenvalue weighted by Gasteiger charge is -2.04. The van der Waals surface area contributed by atoms with E-state index in [2.05, 4.69) is 11.7 Å². The van der Waals surface area contributed by atoms with Gasteiger partial charge in [0.05, 0.1) is 12.7 Å². The molecule has 2 N–H and O–H groups in total. The molecule has 0 amide bonds. The van der Waals surface area contributed by atoms with Gasteiger partial charge < -0.3 is 9.84 Å². The first-order chi connectivity index (χ1) is 8.07. The lowest BCUT2D eigenvalue weighted by molar-refractivity contribution is -0.145. The Morgan fingerprint density at radius 3 is 2.65 bits per heavy atom. The monoisotopic (exact) mass is 242 g/mol. The number of rotatable bonds is 9. The van der Waals surface area contributed by atoms with Gasteiger partial charge >= 0.3 is 11.9 Å².